The topological polar surface area (TPSA) is 26.3 Å². The summed E-state index contributed by atoms with van der Waals surface area (Å²) >= 11 is 0. The van der Waals surface area contributed by atoms with Gasteiger partial charge in [-0.05, 0) is 11.5 Å². The molecular weight excluding hydrogens is 183 g/mol. The quantitative estimate of drug-likeness (QED) is 0.678. The summed E-state index contributed by atoms with van der Waals surface area (Å²) < 4.78 is 15.2. The SMILES string of the molecule is O=POc1cccc2ccccc12. The van der Waals surface area contributed by atoms with Gasteiger partial charge in [0.1, 0.15) is 5.75 Å². The molecule has 0 unspecified atom stereocenters. The third-order valence-corrected chi connectivity index (χ3v) is 2.16. The van der Waals surface area contributed by atoms with Crippen molar-refractivity contribution in [1.82, 2.24) is 0 Å². The minimum absolute atomic E-state index is 0.316. The molecule has 0 saturated heterocycles. The van der Waals surface area contributed by atoms with Gasteiger partial charge >= 0.3 is 8.69 Å². The fourth-order valence-electron chi connectivity index (χ4n) is 1.32. The van der Waals surface area contributed by atoms with Crippen molar-refractivity contribution in [2.75, 3.05) is 0 Å². The molecule has 2 rings (SSSR count). The normalized spacial score (nSPS) is 10.5. The first-order valence-corrected chi connectivity index (χ1v) is 4.62. The summed E-state index contributed by atoms with van der Waals surface area (Å²) in [6.45, 7) is 0. The van der Waals surface area contributed by atoms with Gasteiger partial charge in [-0.1, -0.05) is 36.4 Å². The van der Waals surface area contributed by atoms with Gasteiger partial charge in [0.05, 0.1) is 0 Å². The molecule has 13 heavy (non-hydrogen) atoms. The van der Waals surface area contributed by atoms with Crippen LogP contribution in [0.5, 0.6) is 5.75 Å². The molecular formula is C10H7O2P. The molecule has 0 amide bonds. The maximum atomic E-state index is 10.3. The van der Waals surface area contributed by atoms with Gasteiger partial charge in [-0.15, -0.1) is 0 Å². The van der Waals surface area contributed by atoms with E-state index in [1.54, 1.807) is 6.07 Å². The second-order valence-electron chi connectivity index (χ2n) is 2.64. The Morgan fingerprint density at radius 3 is 2.62 bits per heavy atom. The lowest BCUT2D eigenvalue weighted by Gasteiger charge is -2.01. The number of fused-ring (bicyclic) bond motifs is 1. The van der Waals surface area contributed by atoms with Crippen LogP contribution in [0.25, 0.3) is 10.8 Å². The molecule has 0 aliphatic carbocycles. The van der Waals surface area contributed by atoms with E-state index in [4.69, 9.17) is 4.52 Å². The van der Waals surface area contributed by atoms with Gasteiger partial charge in [0.15, 0.2) is 0 Å². The van der Waals surface area contributed by atoms with Gasteiger partial charge in [-0.3, -0.25) is 0 Å². The molecule has 0 radical (unpaired) electrons. The van der Waals surface area contributed by atoms with Gasteiger partial charge in [0.2, 0.25) is 0 Å². The van der Waals surface area contributed by atoms with Crippen LogP contribution in [0.4, 0.5) is 0 Å². The molecule has 0 spiro atoms. The van der Waals surface area contributed by atoms with Crippen LogP contribution in [0.1, 0.15) is 0 Å². The molecule has 0 aliphatic heterocycles. The molecule has 64 valence electrons. The number of hydrogen-bond acceptors (Lipinski definition) is 2. The third kappa shape index (κ3) is 1.53. The van der Waals surface area contributed by atoms with Gasteiger partial charge in [-0.25, -0.2) is 4.57 Å². The fraction of sp³-hybridized carbons (Fsp3) is 0. The van der Waals surface area contributed by atoms with Crippen LogP contribution in [0.3, 0.4) is 0 Å². The Morgan fingerprint density at radius 1 is 1.00 bits per heavy atom. The second kappa shape index (κ2) is 3.55. The Bertz CT molecular complexity index is 434. The van der Waals surface area contributed by atoms with Crippen molar-refractivity contribution >= 4 is 19.5 Å². The molecule has 0 saturated carbocycles. The van der Waals surface area contributed by atoms with E-state index < -0.39 is 0 Å². The minimum atomic E-state index is -0.316. The summed E-state index contributed by atoms with van der Waals surface area (Å²) in [6, 6.07) is 13.5. The summed E-state index contributed by atoms with van der Waals surface area (Å²) in [5.74, 6) is 0.648. The second-order valence-corrected chi connectivity index (χ2v) is 2.97. The van der Waals surface area contributed by atoms with Gasteiger partial charge in [0.25, 0.3) is 0 Å². The van der Waals surface area contributed by atoms with Gasteiger partial charge in [-0.2, -0.15) is 0 Å². The number of rotatable bonds is 2. The third-order valence-electron chi connectivity index (χ3n) is 1.89. The van der Waals surface area contributed by atoms with Crippen LogP contribution in [0.15, 0.2) is 42.5 Å². The zero-order chi connectivity index (χ0) is 9.10. The first kappa shape index (κ1) is 8.21. The summed E-state index contributed by atoms with van der Waals surface area (Å²) in [6.07, 6.45) is 0. The van der Waals surface area contributed by atoms with Crippen molar-refractivity contribution < 1.29 is 9.09 Å². The highest BCUT2D eigenvalue weighted by Gasteiger charge is 1.99. The molecule has 0 atom stereocenters. The van der Waals surface area contributed by atoms with Gasteiger partial charge < -0.3 is 4.52 Å². The fourth-order valence-corrected chi connectivity index (χ4v) is 1.55. The number of hydrogen-bond donors (Lipinski definition) is 0. The summed E-state index contributed by atoms with van der Waals surface area (Å²) in [7, 11) is -0.316. The van der Waals surface area contributed by atoms with Crippen LogP contribution >= 0.6 is 8.69 Å². The predicted octanol–water partition coefficient (Wildman–Crippen LogP) is 3.43. The van der Waals surface area contributed by atoms with Crippen LogP contribution in [-0.2, 0) is 4.57 Å². The Labute approximate surface area is 77.4 Å². The summed E-state index contributed by atoms with van der Waals surface area (Å²) in [4.78, 5) is 0. The predicted molar refractivity (Wildman–Crippen MR) is 52.2 cm³/mol. The molecule has 2 aromatic carbocycles. The lowest BCUT2D eigenvalue weighted by molar-refractivity contribution is 0.528. The van der Waals surface area contributed by atoms with E-state index in [0.717, 1.165) is 10.8 Å². The van der Waals surface area contributed by atoms with Crippen LogP contribution < -0.4 is 4.52 Å². The largest absolute Gasteiger partial charge is 0.407 e. The van der Waals surface area contributed by atoms with Crippen molar-refractivity contribution in [1.29, 1.82) is 0 Å². The zero-order valence-electron chi connectivity index (χ0n) is 6.81. The monoisotopic (exact) mass is 190 g/mol. The Hall–Kier alpha value is -1.40. The molecule has 2 nitrogen and oxygen atoms in total. The molecule has 0 bridgehead atoms. The molecule has 0 aliphatic rings. The molecule has 0 N–H and O–H groups in total. The van der Waals surface area contributed by atoms with E-state index in [1.807, 2.05) is 36.4 Å². The van der Waals surface area contributed by atoms with Crippen molar-refractivity contribution in [2.45, 2.75) is 0 Å². The maximum Gasteiger partial charge on any atom is 0.395 e. The molecule has 0 fully saturated rings. The van der Waals surface area contributed by atoms with Crippen molar-refractivity contribution in [2.24, 2.45) is 0 Å². The highest BCUT2D eigenvalue weighted by atomic mass is 31.1. The van der Waals surface area contributed by atoms with E-state index in [9.17, 15) is 4.57 Å². The lowest BCUT2D eigenvalue weighted by atomic mass is 10.1. The van der Waals surface area contributed by atoms with E-state index in [-0.39, 0.29) is 8.69 Å². The average molecular weight is 190 g/mol. The van der Waals surface area contributed by atoms with Crippen LogP contribution in [0.2, 0.25) is 0 Å². The first-order valence-electron chi connectivity index (χ1n) is 3.89. The molecule has 0 aromatic heterocycles. The Kier molecular flexibility index (Phi) is 2.24. The highest BCUT2D eigenvalue weighted by molar-refractivity contribution is 7.17. The van der Waals surface area contributed by atoms with Crippen LogP contribution in [0, 0.1) is 0 Å². The van der Waals surface area contributed by atoms with E-state index in [1.165, 1.54) is 0 Å². The molecule has 3 heteroatoms. The van der Waals surface area contributed by atoms with E-state index in [0.29, 0.717) is 5.75 Å². The molecule has 0 heterocycles. The molecule has 2 aromatic rings. The summed E-state index contributed by atoms with van der Waals surface area (Å²) in [5, 5.41) is 2.07. The van der Waals surface area contributed by atoms with Crippen molar-refractivity contribution in [3.05, 3.63) is 42.5 Å². The lowest BCUT2D eigenvalue weighted by Crippen LogP contribution is -1.77. The number of benzene rings is 2. The van der Waals surface area contributed by atoms with E-state index >= 15 is 0 Å². The smallest absolute Gasteiger partial charge is 0.395 e. The highest BCUT2D eigenvalue weighted by Crippen LogP contribution is 2.26. The van der Waals surface area contributed by atoms with Crippen molar-refractivity contribution in [3.63, 3.8) is 0 Å². The van der Waals surface area contributed by atoms with Crippen molar-refractivity contribution in [3.8, 4) is 5.75 Å². The van der Waals surface area contributed by atoms with E-state index in [2.05, 4.69) is 0 Å². The zero-order valence-corrected chi connectivity index (χ0v) is 7.70. The maximum absolute atomic E-state index is 10.3. The summed E-state index contributed by atoms with van der Waals surface area (Å²) in [5.41, 5.74) is 0. The Balaban J connectivity index is 2.68. The standard InChI is InChI=1S/C10H7O2P/c11-13-12-10-7-3-5-8-4-1-2-6-9(8)10/h1-7H. The minimum Gasteiger partial charge on any atom is -0.407 e. The Morgan fingerprint density at radius 2 is 1.77 bits per heavy atom. The average Bonchev–Trinajstić information content (AvgIpc) is 2.19. The van der Waals surface area contributed by atoms with Gasteiger partial charge in [0, 0.05) is 5.39 Å². The first-order chi connectivity index (χ1) is 6.42. The van der Waals surface area contributed by atoms with Crippen LogP contribution in [-0.4, -0.2) is 0 Å².